The van der Waals surface area contributed by atoms with Crippen LogP contribution < -0.4 is 4.74 Å². The topological polar surface area (TPSA) is 56.8 Å². The van der Waals surface area contributed by atoms with Gasteiger partial charge < -0.3 is 4.74 Å². The molecule has 2 aromatic rings. The van der Waals surface area contributed by atoms with Gasteiger partial charge in [-0.2, -0.15) is 10.5 Å². The summed E-state index contributed by atoms with van der Waals surface area (Å²) in [7, 11) is 0. The van der Waals surface area contributed by atoms with Gasteiger partial charge in [0.15, 0.2) is 0 Å². The maximum absolute atomic E-state index is 9.64. The third-order valence-corrected chi connectivity index (χ3v) is 4.29. The molecule has 0 amide bonds. The van der Waals surface area contributed by atoms with Crippen LogP contribution in [0.25, 0.3) is 11.1 Å². The number of rotatable bonds is 8. The number of nitriles is 2. The van der Waals surface area contributed by atoms with E-state index in [1.165, 1.54) is 12.8 Å². The Balaban J connectivity index is 2.33. The molecule has 0 radical (unpaired) electrons. The van der Waals surface area contributed by atoms with Crippen LogP contribution in [0.15, 0.2) is 36.4 Å². The fourth-order valence-corrected chi connectivity index (χ4v) is 2.98. The number of hydrogen-bond donors (Lipinski definition) is 0. The second kappa shape index (κ2) is 9.50. The van der Waals surface area contributed by atoms with Crippen molar-refractivity contribution in [3.8, 4) is 29.0 Å². The van der Waals surface area contributed by atoms with Crippen molar-refractivity contribution in [2.45, 2.75) is 46.0 Å². The van der Waals surface area contributed by atoms with Crippen molar-refractivity contribution < 1.29 is 4.74 Å². The number of hydrogen-bond acceptors (Lipinski definition) is 3. The molecule has 0 aliphatic heterocycles. The van der Waals surface area contributed by atoms with Crippen LogP contribution in [-0.2, 0) is 6.42 Å². The minimum Gasteiger partial charge on any atom is -0.494 e. The van der Waals surface area contributed by atoms with Gasteiger partial charge in [0.1, 0.15) is 17.9 Å². The summed E-state index contributed by atoms with van der Waals surface area (Å²) in [6.45, 7) is 4.74. The molecule has 3 nitrogen and oxygen atoms in total. The zero-order chi connectivity index (χ0) is 18.1. The first kappa shape index (κ1) is 18.6. The van der Waals surface area contributed by atoms with Crippen molar-refractivity contribution >= 4 is 0 Å². The summed E-state index contributed by atoms with van der Waals surface area (Å²) < 4.78 is 5.46. The Kier molecular flexibility index (Phi) is 7.05. The maximum atomic E-state index is 9.64. The minimum atomic E-state index is 0.472. The minimum absolute atomic E-state index is 0.472. The van der Waals surface area contributed by atoms with Gasteiger partial charge in [-0.05, 0) is 43.0 Å². The normalized spacial score (nSPS) is 10.1. The van der Waals surface area contributed by atoms with Gasteiger partial charge in [0.2, 0.25) is 0 Å². The first-order chi connectivity index (χ1) is 12.2. The molecule has 2 rings (SSSR count). The third-order valence-electron chi connectivity index (χ3n) is 4.29. The zero-order valence-electron chi connectivity index (χ0n) is 15.0. The molecule has 0 fully saturated rings. The molecule has 0 spiro atoms. The van der Waals surface area contributed by atoms with Crippen LogP contribution in [0.3, 0.4) is 0 Å². The van der Waals surface area contributed by atoms with Crippen LogP contribution in [0, 0.1) is 22.7 Å². The number of unbranched alkanes of at least 4 members (excludes halogenated alkanes) is 3. The summed E-state index contributed by atoms with van der Waals surface area (Å²) in [5, 5.41) is 19.2. The van der Waals surface area contributed by atoms with Gasteiger partial charge >= 0.3 is 0 Å². The van der Waals surface area contributed by atoms with Crippen molar-refractivity contribution in [2.75, 3.05) is 6.61 Å². The SMILES string of the molecule is CCCCCCc1ccc(-c2ccc(OCC)cc2)c(C#N)c1C#N. The molecule has 0 aromatic heterocycles. The van der Waals surface area contributed by atoms with E-state index in [2.05, 4.69) is 19.1 Å². The molecule has 0 bridgehead atoms. The smallest absolute Gasteiger partial charge is 0.119 e. The number of benzene rings is 2. The van der Waals surface area contributed by atoms with Crippen molar-refractivity contribution in [3.05, 3.63) is 53.1 Å². The number of ether oxygens (including phenoxy) is 1. The third kappa shape index (κ3) is 4.61. The standard InChI is InChI=1S/C22H24N2O/c1-3-5-6-7-8-17-11-14-20(22(16-24)21(17)15-23)18-9-12-19(13-10-18)25-4-2/h9-14H,3-8H2,1-2H3. The van der Waals surface area contributed by atoms with E-state index < -0.39 is 0 Å². The van der Waals surface area contributed by atoms with E-state index in [4.69, 9.17) is 4.74 Å². The molecule has 3 heteroatoms. The van der Waals surface area contributed by atoms with Crippen LogP contribution >= 0.6 is 0 Å². The van der Waals surface area contributed by atoms with Gasteiger partial charge in [-0.1, -0.05) is 50.5 Å². The summed E-state index contributed by atoms with van der Waals surface area (Å²) in [5.74, 6) is 0.804. The van der Waals surface area contributed by atoms with Crippen LogP contribution in [0.1, 0.15) is 56.2 Å². The molecular formula is C22H24N2O. The van der Waals surface area contributed by atoms with Gasteiger partial charge in [0.05, 0.1) is 17.7 Å². The highest BCUT2D eigenvalue weighted by molar-refractivity contribution is 5.75. The maximum Gasteiger partial charge on any atom is 0.119 e. The first-order valence-electron chi connectivity index (χ1n) is 8.94. The average Bonchev–Trinajstić information content (AvgIpc) is 2.65. The van der Waals surface area contributed by atoms with Gasteiger partial charge in [-0.15, -0.1) is 0 Å². The van der Waals surface area contributed by atoms with Crippen LogP contribution in [-0.4, -0.2) is 6.61 Å². The van der Waals surface area contributed by atoms with Crippen LogP contribution in [0.4, 0.5) is 0 Å². The average molecular weight is 332 g/mol. The fraction of sp³-hybridized carbons (Fsp3) is 0.364. The predicted octanol–water partition coefficient (Wildman–Crippen LogP) is 5.62. The molecule has 25 heavy (non-hydrogen) atoms. The Hall–Kier alpha value is -2.78. The van der Waals surface area contributed by atoms with Crippen molar-refractivity contribution in [2.24, 2.45) is 0 Å². The molecule has 2 aromatic carbocycles. The Labute approximate surface area is 150 Å². The lowest BCUT2D eigenvalue weighted by Gasteiger charge is -2.11. The largest absolute Gasteiger partial charge is 0.494 e. The molecule has 128 valence electrons. The quantitative estimate of drug-likeness (QED) is 0.590. The molecule has 0 saturated heterocycles. The summed E-state index contributed by atoms with van der Waals surface area (Å²) in [6, 6.07) is 16.1. The fourth-order valence-electron chi connectivity index (χ4n) is 2.98. The Bertz CT molecular complexity index is 779. The van der Waals surface area contributed by atoms with E-state index in [1.54, 1.807) is 0 Å². The molecule has 0 aliphatic carbocycles. The molecular weight excluding hydrogens is 308 g/mol. The predicted molar refractivity (Wildman–Crippen MR) is 100 cm³/mol. The second-order valence-corrected chi connectivity index (χ2v) is 6.01. The molecule has 0 atom stereocenters. The lowest BCUT2D eigenvalue weighted by Crippen LogP contribution is -1.98. The van der Waals surface area contributed by atoms with E-state index in [0.29, 0.717) is 17.7 Å². The van der Waals surface area contributed by atoms with E-state index in [1.807, 2.05) is 43.3 Å². The molecule has 0 saturated carbocycles. The van der Waals surface area contributed by atoms with E-state index in [-0.39, 0.29) is 0 Å². The Morgan fingerprint density at radius 1 is 0.840 bits per heavy atom. The number of aryl methyl sites for hydroxylation is 1. The van der Waals surface area contributed by atoms with Gasteiger partial charge in [-0.3, -0.25) is 0 Å². The van der Waals surface area contributed by atoms with E-state index >= 15 is 0 Å². The van der Waals surface area contributed by atoms with Gasteiger partial charge in [0, 0.05) is 5.56 Å². The highest BCUT2D eigenvalue weighted by atomic mass is 16.5. The van der Waals surface area contributed by atoms with Crippen molar-refractivity contribution in [3.63, 3.8) is 0 Å². The Morgan fingerprint density at radius 3 is 2.16 bits per heavy atom. The lowest BCUT2D eigenvalue weighted by molar-refractivity contribution is 0.340. The number of nitrogens with zero attached hydrogens (tertiary/aromatic N) is 2. The molecule has 0 heterocycles. The van der Waals surface area contributed by atoms with Gasteiger partial charge in [-0.25, -0.2) is 0 Å². The summed E-state index contributed by atoms with van der Waals surface area (Å²) in [4.78, 5) is 0. The summed E-state index contributed by atoms with van der Waals surface area (Å²) in [5.41, 5.74) is 3.70. The molecule has 0 aliphatic rings. The lowest BCUT2D eigenvalue weighted by atomic mass is 9.91. The molecule has 0 N–H and O–H groups in total. The van der Waals surface area contributed by atoms with Gasteiger partial charge in [0.25, 0.3) is 0 Å². The van der Waals surface area contributed by atoms with Crippen LogP contribution in [0.5, 0.6) is 5.75 Å². The zero-order valence-corrected chi connectivity index (χ0v) is 15.0. The highest BCUT2D eigenvalue weighted by Gasteiger charge is 2.14. The van der Waals surface area contributed by atoms with Crippen molar-refractivity contribution in [1.82, 2.24) is 0 Å². The van der Waals surface area contributed by atoms with Crippen molar-refractivity contribution in [1.29, 1.82) is 10.5 Å². The van der Waals surface area contributed by atoms with E-state index in [0.717, 1.165) is 41.7 Å². The monoisotopic (exact) mass is 332 g/mol. The highest BCUT2D eigenvalue weighted by Crippen LogP contribution is 2.30. The Morgan fingerprint density at radius 2 is 1.56 bits per heavy atom. The summed E-state index contributed by atoms with van der Waals surface area (Å²) in [6.07, 6.45) is 5.45. The summed E-state index contributed by atoms with van der Waals surface area (Å²) >= 11 is 0. The van der Waals surface area contributed by atoms with E-state index in [9.17, 15) is 10.5 Å². The second-order valence-electron chi connectivity index (χ2n) is 6.01. The first-order valence-corrected chi connectivity index (χ1v) is 8.94. The van der Waals surface area contributed by atoms with Crippen LogP contribution in [0.2, 0.25) is 0 Å². The molecule has 0 unspecified atom stereocenters.